The molecule has 0 heterocycles. The van der Waals surface area contributed by atoms with Crippen LogP contribution in [0.25, 0.3) is 0 Å². The lowest BCUT2D eigenvalue weighted by Crippen LogP contribution is -2.28. The lowest BCUT2D eigenvalue weighted by Gasteiger charge is -2.21. The van der Waals surface area contributed by atoms with Crippen molar-refractivity contribution in [1.29, 1.82) is 0 Å². The molecule has 0 spiro atoms. The zero-order valence-electron chi connectivity index (χ0n) is 39.9. The van der Waals surface area contributed by atoms with Crippen molar-refractivity contribution < 1.29 is 28.6 Å². The molecular formula is C51H99NO6. The van der Waals surface area contributed by atoms with Crippen molar-refractivity contribution in [3.63, 3.8) is 0 Å². The summed E-state index contributed by atoms with van der Waals surface area (Å²) in [5, 5.41) is 0. The van der Waals surface area contributed by atoms with Gasteiger partial charge in [-0.15, -0.1) is 0 Å². The standard InChI is InChI=1S/C51H99NO6/c1-8-12-31-46(32-13-9-2)40-43-56-49(53)37-28-24-20-16-18-22-26-35-48(58-51(55)39-30-42-52(7)45(5)6)36-27-23-19-17-21-25-29-38-50(54)57-44-41-47(33-14-10-3)34-15-11-4/h45-48H,8-44H2,1-7H3. The largest absolute Gasteiger partial charge is 0.466 e. The highest BCUT2D eigenvalue weighted by Gasteiger charge is 2.16. The molecule has 0 aliphatic carbocycles. The molecule has 0 aromatic heterocycles. The Balaban J connectivity index is 4.29. The molecule has 0 saturated carbocycles. The summed E-state index contributed by atoms with van der Waals surface area (Å²) in [5.74, 6) is 1.31. The van der Waals surface area contributed by atoms with E-state index in [4.69, 9.17) is 14.2 Å². The Morgan fingerprint density at radius 1 is 0.414 bits per heavy atom. The second-order valence-corrected chi connectivity index (χ2v) is 18.1. The van der Waals surface area contributed by atoms with Gasteiger partial charge in [-0.3, -0.25) is 14.4 Å². The van der Waals surface area contributed by atoms with Crippen LogP contribution in [0.15, 0.2) is 0 Å². The number of unbranched alkanes of at least 4 members (excludes halogenated alkanes) is 16. The van der Waals surface area contributed by atoms with E-state index < -0.39 is 0 Å². The van der Waals surface area contributed by atoms with Gasteiger partial charge in [-0.25, -0.2) is 0 Å². The predicted octanol–water partition coefficient (Wildman–Crippen LogP) is 14.9. The number of hydrogen-bond donors (Lipinski definition) is 0. The van der Waals surface area contributed by atoms with Gasteiger partial charge in [0.05, 0.1) is 13.2 Å². The van der Waals surface area contributed by atoms with Crippen LogP contribution in [-0.2, 0) is 28.6 Å². The van der Waals surface area contributed by atoms with Crippen molar-refractivity contribution in [3.05, 3.63) is 0 Å². The quantitative estimate of drug-likeness (QED) is 0.0344. The first-order valence-corrected chi connectivity index (χ1v) is 25.4. The molecule has 0 aliphatic rings. The zero-order chi connectivity index (χ0) is 42.9. The molecule has 0 atom stereocenters. The Hall–Kier alpha value is -1.63. The van der Waals surface area contributed by atoms with Gasteiger partial charge in [-0.2, -0.15) is 0 Å². The Morgan fingerprint density at radius 2 is 0.759 bits per heavy atom. The molecule has 0 unspecified atom stereocenters. The molecule has 0 aromatic rings. The Kier molecular flexibility index (Phi) is 40.9. The summed E-state index contributed by atoms with van der Waals surface area (Å²) in [6.45, 7) is 15.4. The fourth-order valence-electron chi connectivity index (χ4n) is 7.95. The van der Waals surface area contributed by atoms with Crippen LogP contribution < -0.4 is 0 Å². The normalized spacial score (nSPS) is 11.8. The number of esters is 3. The molecule has 0 aliphatic heterocycles. The summed E-state index contributed by atoms with van der Waals surface area (Å²) >= 11 is 0. The van der Waals surface area contributed by atoms with E-state index in [0.717, 1.165) is 90.0 Å². The molecular weight excluding hydrogens is 723 g/mol. The number of carbonyl (C=O) groups is 3. The van der Waals surface area contributed by atoms with E-state index in [0.29, 0.717) is 50.4 Å². The maximum atomic E-state index is 12.8. The highest BCUT2D eigenvalue weighted by molar-refractivity contribution is 5.70. The lowest BCUT2D eigenvalue weighted by molar-refractivity contribution is -0.150. The monoisotopic (exact) mass is 822 g/mol. The van der Waals surface area contributed by atoms with Crippen LogP contribution in [0, 0.1) is 11.8 Å². The van der Waals surface area contributed by atoms with Gasteiger partial charge in [0.15, 0.2) is 0 Å². The average molecular weight is 822 g/mol. The summed E-state index contributed by atoms with van der Waals surface area (Å²) in [7, 11) is 2.11. The molecule has 0 radical (unpaired) electrons. The van der Waals surface area contributed by atoms with Crippen molar-refractivity contribution in [3.8, 4) is 0 Å². The second kappa shape index (κ2) is 42.1. The fourth-order valence-corrected chi connectivity index (χ4v) is 7.95. The van der Waals surface area contributed by atoms with Crippen molar-refractivity contribution in [2.45, 2.75) is 272 Å². The van der Waals surface area contributed by atoms with Crippen molar-refractivity contribution in [2.24, 2.45) is 11.8 Å². The number of nitrogens with zero attached hydrogens (tertiary/aromatic N) is 1. The molecule has 344 valence electrons. The van der Waals surface area contributed by atoms with Crippen LogP contribution in [0.3, 0.4) is 0 Å². The van der Waals surface area contributed by atoms with Crippen LogP contribution in [-0.4, -0.2) is 61.8 Å². The molecule has 0 rings (SSSR count). The van der Waals surface area contributed by atoms with E-state index in [1.807, 2.05) is 0 Å². The van der Waals surface area contributed by atoms with Crippen LogP contribution >= 0.6 is 0 Å². The third kappa shape index (κ3) is 37.4. The average Bonchev–Trinajstić information content (AvgIpc) is 3.20. The van der Waals surface area contributed by atoms with Gasteiger partial charge in [-0.05, 0) is 97.1 Å². The number of rotatable bonds is 44. The second-order valence-electron chi connectivity index (χ2n) is 18.1. The maximum Gasteiger partial charge on any atom is 0.306 e. The molecule has 0 N–H and O–H groups in total. The van der Waals surface area contributed by atoms with Crippen molar-refractivity contribution >= 4 is 17.9 Å². The van der Waals surface area contributed by atoms with E-state index >= 15 is 0 Å². The van der Waals surface area contributed by atoms with Gasteiger partial charge in [-0.1, -0.05) is 169 Å². The first-order valence-electron chi connectivity index (χ1n) is 25.4. The molecule has 0 fully saturated rings. The summed E-state index contributed by atoms with van der Waals surface area (Å²) in [6, 6.07) is 0.480. The van der Waals surface area contributed by atoms with E-state index in [2.05, 4.69) is 53.5 Å². The summed E-state index contributed by atoms with van der Waals surface area (Å²) in [5.41, 5.74) is 0. The van der Waals surface area contributed by atoms with Crippen molar-refractivity contribution in [2.75, 3.05) is 26.8 Å². The zero-order valence-corrected chi connectivity index (χ0v) is 39.9. The van der Waals surface area contributed by atoms with Gasteiger partial charge >= 0.3 is 17.9 Å². The molecule has 58 heavy (non-hydrogen) atoms. The summed E-state index contributed by atoms with van der Waals surface area (Å²) in [6.07, 6.45) is 37.1. The first kappa shape index (κ1) is 56.4. The van der Waals surface area contributed by atoms with Gasteiger partial charge in [0.1, 0.15) is 6.10 Å². The van der Waals surface area contributed by atoms with E-state index in [-0.39, 0.29) is 24.0 Å². The molecule has 7 heteroatoms. The van der Waals surface area contributed by atoms with Crippen molar-refractivity contribution in [1.82, 2.24) is 4.90 Å². The third-order valence-electron chi connectivity index (χ3n) is 12.3. The van der Waals surface area contributed by atoms with Gasteiger partial charge in [0.2, 0.25) is 0 Å². The summed E-state index contributed by atoms with van der Waals surface area (Å²) < 4.78 is 17.2. The highest BCUT2D eigenvalue weighted by atomic mass is 16.5. The Bertz CT molecular complexity index is 853. The van der Waals surface area contributed by atoms with Gasteiger partial charge in [0.25, 0.3) is 0 Å². The van der Waals surface area contributed by atoms with Gasteiger partial charge < -0.3 is 19.1 Å². The lowest BCUT2D eigenvalue weighted by atomic mass is 9.93. The van der Waals surface area contributed by atoms with E-state index in [9.17, 15) is 14.4 Å². The smallest absolute Gasteiger partial charge is 0.306 e. The van der Waals surface area contributed by atoms with E-state index in [1.54, 1.807) is 0 Å². The Morgan fingerprint density at radius 3 is 1.12 bits per heavy atom. The summed E-state index contributed by atoms with van der Waals surface area (Å²) in [4.78, 5) is 39.6. The highest BCUT2D eigenvalue weighted by Crippen LogP contribution is 2.22. The molecule has 0 aromatic carbocycles. The Labute approximate surface area is 361 Å². The predicted molar refractivity (Wildman–Crippen MR) is 246 cm³/mol. The molecule has 0 bridgehead atoms. The number of hydrogen-bond acceptors (Lipinski definition) is 7. The minimum atomic E-state index is -0.0418. The van der Waals surface area contributed by atoms with Crippen LogP contribution in [0.2, 0.25) is 0 Å². The molecule has 0 amide bonds. The molecule has 7 nitrogen and oxygen atoms in total. The van der Waals surface area contributed by atoms with Gasteiger partial charge in [0, 0.05) is 25.3 Å². The van der Waals surface area contributed by atoms with Crippen LogP contribution in [0.5, 0.6) is 0 Å². The maximum absolute atomic E-state index is 12.8. The SMILES string of the molecule is CCCCC(CCCC)CCOC(=O)CCCCCCCCCC(CCCCCCCCCC(=O)OCCC(CCCC)CCCC)OC(=O)CCCN(C)C(C)C. The topological polar surface area (TPSA) is 82.1 Å². The third-order valence-corrected chi connectivity index (χ3v) is 12.3. The minimum Gasteiger partial charge on any atom is -0.466 e. The number of carbonyl (C=O) groups excluding carboxylic acids is 3. The minimum absolute atomic E-state index is 0.0227. The number of ether oxygens (including phenoxy) is 3. The van der Waals surface area contributed by atoms with Crippen LogP contribution in [0.4, 0.5) is 0 Å². The fraction of sp³-hybridized carbons (Fsp3) is 0.941. The molecule has 0 saturated heterocycles. The van der Waals surface area contributed by atoms with E-state index in [1.165, 1.54) is 116 Å². The van der Waals surface area contributed by atoms with Crippen LogP contribution in [0.1, 0.15) is 260 Å². The first-order chi connectivity index (χ1) is 28.2.